The number of alkyl halides is 1. The van der Waals surface area contributed by atoms with Crippen LogP contribution in [0.4, 0.5) is 4.39 Å². The van der Waals surface area contributed by atoms with Crippen LogP contribution in [0.15, 0.2) is 24.3 Å². The summed E-state index contributed by atoms with van der Waals surface area (Å²) in [5, 5.41) is 17.6. The van der Waals surface area contributed by atoms with Gasteiger partial charge in [0.25, 0.3) is 0 Å². The molecule has 0 aromatic rings. The Morgan fingerprint density at radius 2 is 1.80 bits per heavy atom. The van der Waals surface area contributed by atoms with Gasteiger partial charge in [-0.25, -0.2) is 4.39 Å². The largest absolute Gasteiger partial charge is 0.481 e. The van der Waals surface area contributed by atoms with Crippen molar-refractivity contribution in [3.05, 3.63) is 24.3 Å². The fourth-order valence-electron chi connectivity index (χ4n) is 1.83. The van der Waals surface area contributed by atoms with E-state index in [1.165, 1.54) is 24.3 Å². The summed E-state index contributed by atoms with van der Waals surface area (Å²) < 4.78 is 13.5. The first-order chi connectivity index (χ1) is 9.55. The molecular weight excluding hydrogens is 263 g/mol. The zero-order valence-corrected chi connectivity index (χ0v) is 11.7. The van der Waals surface area contributed by atoms with E-state index in [0.29, 0.717) is 0 Å². The van der Waals surface area contributed by atoms with Crippen LogP contribution in [0.25, 0.3) is 0 Å². The molecule has 0 saturated carbocycles. The molecule has 0 aromatic carbocycles. The molecule has 1 aliphatic carbocycles. The SMILES string of the molecule is NCCCCN.O=C(O)C1(CCCO)C=CC=CC1F. The maximum atomic E-state index is 13.5. The average molecular weight is 288 g/mol. The van der Waals surface area contributed by atoms with Crippen molar-refractivity contribution in [3.8, 4) is 0 Å². The maximum Gasteiger partial charge on any atom is 0.316 e. The quantitative estimate of drug-likeness (QED) is 0.522. The van der Waals surface area contributed by atoms with Gasteiger partial charge in [0.05, 0.1) is 0 Å². The lowest BCUT2D eigenvalue weighted by molar-refractivity contribution is -0.149. The average Bonchev–Trinajstić information content (AvgIpc) is 2.45. The minimum atomic E-state index is -1.52. The molecule has 0 bridgehead atoms. The second kappa shape index (κ2) is 10.5. The molecule has 0 aromatic heterocycles. The molecule has 116 valence electrons. The maximum absolute atomic E-state index is 13.5. The number of carboxylic acid groups (broad SMARTS) is 1. The van der Waals surface area contributed by atoms with Gasteiger partial charge in [-0.1, -0.05) is 18.2 Å². The highest BCUT2D eigenvalue weighted by Crippen LogP contribution is 2.35. The van der Waals surface area contributed by atoms with Crippen LogP contribution < -0.4 is 11.5 Å². The van der Waals surface area contributed by atoms with Gasteiger partial charge >= 0.3 is 5.97 Å². The monoisotopic (exact) mass is 288 g/mol. The molecule has 0 aliphatic heterocycles. The highest BCUT2D eigenvalue weighted by atomic mass is 19.1. The third kappa shape index (κ3) is 5.81. The molecule has 6 heteroatoms. The summed E-state index contributed by atoms with van der Waals surface area (Å²) >= 11 is 0. The summed E-state index contributed by atoms with van der Waals surface area (Å²) in [7, 11) is 0. The summed E-state index contributed by atoms with van der Waals surface area (Å²) in [5.74, 6) is -1.18. The number of hydrogen-bond acceptors (Lipinski definition) is 4. The highest BCUT2D eigenvalue weighted by molar-refractivity contribution is 5.79. The number of aliphatic hydroxyl groups excluding tert-OH is 1. The lowest BCUT2D eigenvalue weighted by atomic mass is 9.76. The van der Waals surface area contributed by atoms with E-state index in [-0.39, 0.29) is 19.4 Å². The number of rotatable bonds is 7. The van der Waals surface area contributed by atoms with Gasteiger partial charge in [-0.2, -0.15) is 0 Å². The van der Waals surface area contributed by atoms with Gasteiger partial charge in [0.2, 0.25) is 0 Å². The Morgan fingerprint density at radius 3 is 2.20 bits per heavy atom. The van der Waals surface area contributed by atoms with E-state index in [4.69, 9.17) is 21.7 Å². The molecule has 0 spiro atoms. The van der Waals surface area contributed by atoms with Gasteiger partial charge in [-0.15, -0.1) is 0 Å². The number of aliphatic carboxylic acids is 1. The molecule has 2 atom stereocenters. The molecule has 0 heterocycles. The Bertz CT molecular complexity index is 330. The topological polar surface area (TPSA) is 110 Å². The van der Waals surface area contributed by atoms with E-state index in [9.17, 15) is 9.18 Å². The van der Waals surface area contributed by atoms with Crippen molar-refractivity contribution >= 4 is 5.97 Å². The second-order valence-electron chi connectivity index (χ2n) is 4.60. The molecule has 1 aliphatic rings. The van der Waals surface area contributed by atoms with Crippen LogP contribution in [0.1, 0.15) is 25.7 Å². The number of allylic oxidation sites excluding steroid dienone is 3. The molecule has 20 heavy (non-hydrogen) atoms. The third-order valence-electron chi connectivity index (χ3n) is 3.08. The molecule has 5 nitrogen and oxygen atoms in total. The number of carbonyl (C=O) groups is 1. The summed E-state index contributed by atoms with van der Waals surface area (Å²) in [4.78, 5) is 11.0. The Kier molecular flexibility index (Phi) is 9.88. The third-order valence-corrected chi connectivity index (χ3v) is 3.08. The Labute approximate surface area is 119 Å². The Morgan fingerprint density at radius 1 is 1.20 bits per heavy atom. The zero-order chi connectivity index (χ0) is 15.4. The predicted octanol–water partition coefficient (Wildman–Crippen LogP) is 0.978. The molecule has 0 amide bonds. The van der Waals surface area contributed by atoms with Crippen LogP contribution in [0.2, 0.25) is 0 Å². The summed E-state index contributed by atoms with van der Waals surface area (Å²) in [6.07, 6.45) is 6.61. The molecule has 1 rings (SSSR count). The normalized spacial score (nSPS) is 24.1. The van der Waals surface area contributed by atoms with Crippen molar-refractivity contribution in [2.75, 3.05) is 19.7 Å². The number of carboxylic acids is 1. The smallest absolute Gasteiger partial charge is 0.316 e. The predicted molar refractivity (Wildman–Crippen MR) is 76.9 cm³/mol. The van der Waals surface area contributed by atoms with Crippen molar-refractivity contribution in [1.29, 1.82) is 0 Å². The summed E-state index contributed by atoms with van der Waals surface area (Å²) in [6.45, 7) is 1.42. The molecule has 0 saturated heterocycles. The van der Waals surface area contributed by atoms with Crippen molar-refractivity contribution in [1.82, 2.24) is 0 Å². The van der Waals surface area contributed by atoms with Crippen LogP contribution in [-0.2, 0) is 4.79 Å². The van der Waals surface area contributed by atoms with Crippen LogP contribution >= 0.6 is 0 Å². The molecule has 2 unspecified atom stereocenters. The molecular formula is C14H25FN2O3. The van der Waals surface area contributed by atoms with E-state index in [2.05, 4.69) is 0 Å². The van der Waals surface area contributed by atoms with Crippen LogP contribution in [0.3, 0.4) is 0 Å². The number of unbranched alkanes of at least 4 members (excludes halogenated alkanes) is 1. The zero-order valence-electron chi connectivity index (χ0n) is 11.7. The lowest BCUT2D eigenvalue weighted by Gasteiger charge is -2.29. The Hall–Kier alpha value is -1.24. The van der Waals surface area contributed by atoms with Gasteiger partial charge in [-0.05, 0) is 44.8 Å². The standard InChI is InChI=1S/C10H13FO3.C4H12N2/c11-8-4-1-2-5-10(8,9(13)14)6-3-7-12;5-3-1-2-4-6/h1-2,4-5,8,12H,3,6-7H2,(H,13,14);1-6H2. The van der Waals surface area contributed by atoms with Gasteiger partial charge in [0.15, 0.2) is 0 Å². The fraction of sp³-hybridized carbons (Fsp3) is 0.643. The minimum Gasteiger partial charge on any atom is -0.481 e. The van der Waals surface area contributed by atoms with E-state index in [0.717, 1.165) is 25.9 Å². The van der Waals surface area contributed by atoms with E-state index >= 15 is 0 Å². The first kappa shape index (κ1) is 18.8. The van der Waals surface area contributed by atoms with Crippen molar-refractivity contribution < 1.29 is 19.4 Å². The van der Waals surface area contributed by atoms with Crippen LogP contribution in [0, 0.1) is 5.41 Å². The first-order valence-corrected chi connectivity index (χ1v) is 6.79. The van der Waals surface area contributed by atoms with E-state index < -0.39 is 17.6 Å². The fourth-order valence-corrected chi connectivity index (χ4v) is 1.83. The highest BCUT2D eigenvalue weighted by Gasteiger charge is 2.43. The summed E-state index contributed by atoms with van der Waals surface area (Å²) in [6, 6.07) is 0. The van der Waals surface area contributed by atoms with Gasteiger partial charge < -0.3 is 21.7 Å². The van der Waals surface area contributed by atoms with Gasteiger partial charge in [0, 0.05) is 6.61 Å². The first-order valence-electron chi connectivity index (χ1n) is 6.79. The summed E-state index contributed by atoms with van der Waals surface area (Å²) in [5.41, 5.74) is 8.83. The number of nitrogens with two attached hydrogens (primary N) is 2. The second-order valence-corrected chi connectivity index (χ2v) is 4.60. The Balaban J connectivity index is 0.000000511. The molecule has 0 fully saturated rings. The van der Waals surface area contributed by atoms with Crippen molar-refractivity contribution in [2.24, 2.45) is 16.9 Å². The number of hydrogen-bond donors (Lipinski definition) is 4. The van der Waals surface area contributed by atoms with Crippen LogP contribution in [-0.4, -0.2) is 42.1 Å². The molecule has 6 N–H and O–H groups in total. The molecule has 0 radical (unpaired) electrons. The number of aliphatic hydroxyl groups is 1. The minimum absolute atomic E-state index is 0.112. The van der Waals surface area contributed by atoms with Crippen molar-refractivity contribution in [2.45, 2.75) is 31.9 Å². The van der Waals surface area contributed by atoms with E-state index in [1.54, 1.807) is 0 Å². The van der Waals surface area contributed by atoms with Crippen LogP contribution in [0.5, 0.6) is 0 Å². The lowest BCUT2D eigenvalue weighted by Crippen LogP contribution is -2.38. The van der Waals surface area contributed by atoms with Gasteiger partial charge in [-0.3, -0.25) is 4.79 Å². The van der Waals surface area contributed by atoms with Crippen molar-refractivity contribution in [3.63, 3.8) is 0 Å². The van der Waals surface area contributed by atoms with Gasteiger partial charge in [0.1, 0.15) is 11.6 Å². The number of halogens is 1. The van der Waals surface area contributed by atoms with E-state index in [1.807, 2.05) is 0 Å².